The van der Waals surface area contributed by atoms with Gasteiger partial charge in [0.15, 0.2) is 0 Å². The molecule has 0 bridgehead atoms. The minimum absolute atomic E-state index is 0.296. The number of aromatic nitrogens is 1. The third-order valence-electron chi connectivity index (χ3n) is 2.22. The average Bonchev–Trinajstić information content (AvgIpc) is 2.60. The monoisotopic (exact) mass is 250 g/mol. The van der Waals surface area contributed by atoms with Gasteiger partial charge >= 0.3 is 0 Å². The molecule has 0 fully saturated rings. The summed E-state index contributed by atoms with van der Waals surface area (Å²) in [6, 6.07) is 1.62. The molecule has 0 radical (unpaired) electrons. The highest BCUT2D eigenvalue weighted by atomic mass is 35.5. The molecule has 1 aromatic heterocycles. The molecule has 0 aromatic carbocycles. The van der Waals surface area contributed by atoms with Crippen molar-refractivity contribution < 1.29 is 8.42 Å². The summed E-state index contributed by atoms with van der Waals surface area (Å²) in [5, 5.41) is 0. The first-order chi connectivity index (χ1) is 6.93. The van der Waals surface area contributed by atoms with E-state index in [1.807, 2.05) is 11.5 Å². The van der Waals surface area contributed by atoms with E-state index in [4.69, 9.17) is 11.6 Å². The number of sulfonamides is 1. The Balaban J connectivity index is 3.23. The fourth-order valence-corrected chi connectivity index (χ4v) is 2.48. The van der Waals surface area contributed by atoms with Gasteiger partial charge in [-0.2, -0.15) is 0 Å². The first-order valence-corrected chi connectivity index (χ1v) is 6.58. The molecule has 0 aliphatic carbocycles. The van der Waals surface area contributed by atoms with Crippen LogP contribution in [-0.2, 0) is 22.4 Å². The Hall–Kier alpha value is -0.520. The quantitative estimate of drug-likeness (QED) is 0.760. The normalized spacial score (nSPS) is 12.3. The van der Waals surface area contributed by atoms with Crippen LogP contribution in [0.5, 0.6) is 0 Å². The second kappa shape index (κ2) is 4.55. The number of hydrogen-bond acceptors (Lipinski definition) is 2. The second-order valence-electron chi connectivity index (χ2n) is 3.37. The van der Waals surface area contributed by atoms with E-state index < -0.39 is 10.0 Å². The summed E-state index contributed by atoms with van der Waals surface area (Å²) >= 11 is 5.72. The van der Waals surface area contributed by atoms with Crippen LogP contribution >= 0.6 is 11.6 Å². The van der Waals surface area contributed by atoms with Gasteiger partial charge in [-0.25, -0.2) is 12.7 Å². The SMILES string of the molecule is CCn1cc(S(=O)(=O)N(C)C)cc1CCl. The average molecular weight is 251 g/mol. The van der Waals surface area contributed by atoms with Crippen molar-refractivity contribution in [2.45, 2.75) is 24.2 Å². The highest BCUT2D eigenvalue weighted by Gasteiger charge is 2.20. The number of alkyl halides is 1. The van der Waals surface area contributed by atoms with Crippen molar-refractivity contribution in [3.05, 3.63) is 18.0 Å². The van der Waals surface area contributed by atoms with E-state index in [0.717, 1.165) is 5.69 Å². The van der Waals surface area contributed by atoms with Crippen LogP contribution in [0.15, 0.2) is 17.2 Å². The van der Waals surface area contributed by atoms with E-state index in [2.05, 4.69) is 0 Å². The van der Waals surface area contributed by atoms with E-state index in [9.17, 15) is 8.42 Å². The molecular formula is C9H15ClN2O2S. The van der Waals surface area contributed by atoms with Crippen molar-refractivity contribution in [2.24, 2.45) is 0 Å². The Morgan fingerprint density at radius 1 is 1.47 bits per heavy atom. The molecule has 0 aliphatic rings. The molecule has 1 heterocycles. The number of halogens is 1. The van der Waals surface area contributed by atoms with E-state index in [0.29, 0.717) is 17.3 Å². The molecule has 0 saturated carbocycles. The molecule has 15 heavy (non-hydrogen) atoms. The van der Waals surface area contributed by atoms with E-state index in [1.165, 1.54) is 18.4 Å². The maximum atomic E-state index is 11.8. The fraction of sp³-hybridized carbons (Fsp3) is 0.556. The number of aryl methyl sites for hydroxylation is 1. The molecular weight excluding hydrogens is 236 g/mol. The van der Waals surface area contributed by atoms with Gasteiger partial charge in [-0.05, 0) is 13.0 Å². The Morgan fingerprint density at radius 2 is 2.07 bits per heavy atom. The Kier molecular flexibility index (Phi) is 3.81. The number of rotatable bonds is 4. The largest absolute Gasteiger partial charge is 0.349 e. The van der Waals surface area contributed by atoms with E-state index in [1.54, 1.807) is 12.3 Å². The lowest BCUT2D eigenvalue weighted by molar-refractivity contribution is 0.520. The van der Waals surface area contributed by atoms with Crippen LogP contribution in [0.25, 0.3) is 0 Å². The van der Waals surface area contributed by atoms with Crippen LogP contribution in [0.1, 0.15) is 12.6 Å². The van der Waals surface area contributed by atoms with Gasteiger partial charge in [-0.3, -0.25) is 0 Å². The Labute approximate surface area is 95.5 Å². The van der Waals surface area contributed by atoms with E-state index >= 15 is 0 Å². The fourth-order valence-electron chi connectivity index (χ4n) is 1.28. The minimum atomic E-state index is -3.34. The number of hydrogen-bond donors (Lipinski definition) is 0. The zero-order valence-corrected chi connectivity index (χ0v) is 10.6. The van der Waals surface area contributed by atoms with Gasteiger partial charge in [0.05, 0.1) is 5.88 Å². The first kappa shape index (κ1) is 12.5. The molecule has 0 atom stereocenters. The summed E-state index contributed by atoms with van der Waals surface area (Å²) in [7, 11) is -0.319. The molecule has 86 valence electrons. The van der Waals surface area contributed by atoms with Crippen molar-refractivity contribution in [1.29, 1.82) is 0 Å². The van der Waals surface area contributed by atoms with Gasteiger partial charge in [0.1, 0.15) is 4.90 Å². The zero-order chi connectivity index (χ0) is 11.6. The van der Waals surface area contributed by atoms with Gasteiger partial charge in [0, 0.05) is 32.5 Å². The molecule has 0 N–H and O–H groups in total. The van der Waals surface area contributed by atoms with Crippen LogP contribution < -0.4 is 0 Å². The predicted molar refractivity (Wildman–Crippen MR) is 60.5 cm³/mol. The summed E-state index contributed by atoms with van der Waals surface area (Å²) in [6.45, 7) is 2.66. The van der Waals surface area contributed by atoms with Crippen molar-refractivity contribution in [3.8, 4) is 0 Å². The third-order valence-corrected chi connectivity index (χ3v) is 4.27. The molecule has 6 heteroatoms. The van der Waals surface area contributed by atoms with Gasteiger partial charge in [0.25, 0.3) is 0 Å². The van der Waals surface area contributed by atoms with E-state index in [-0.39, 0.29) is 0 Å². The lowest BCUT2D eigenvalue weighted by atomic mass is 10.5. The van der Waals surface area contributed by atoms with Crippen molar-refractivity contribution in [2.75, 3.05) is 14.1 Å². The first-order valence-electron chi connectivity index (χ1n) is 4.61. The van der Waals surface area contributed by atoms with Crippen LogP contribution in [0.2, 0.25) is 0 Å². The molecule has 0 saturated heterocycles. The summed E-state index contributed by atoms with van der Waals surface area (Å²) in [6.07, 6.45) is 1.62. The summed E-state index contributed by atoms with van der Waals surface area (Å²) in [5.74, 6) is 0.316. The molecule has 4 nitrogen and oxygen atoms in total. The minimum Gasteiger partial charge on any atom is -0.349 e. The van der Waals surface area contributed by atoms with Gasteiger partial charge in [-0.15, -0.1) is 11.6 Å². The van der Waals surface area contributed by atoms with Gasteiger partial charge in [-0.1, -0.05) is 0 Å². The van der Waals surface area contributed by atoms with Gasteiger partial charge in [0.2, 0.25) is 10.0 Å². The summed E-state index contributed by atoms with van der Waals surface area (Å²) < 4.78 is 26.6. The van der Waals surface area contributed by atoms with Crippen molar-refractivity contribution >= 4 is 21.6 Å². The zero-order valence-electron chi connectivity index (χ0n) is 9.07. The standard InChI is InChI=1S/C9H15ClN2O2S/c1-4-12-7-9(5-8(12)6-10)15(13,14)11(2)3/h5,7H,4,6H2,1-3H3. The van der Waals surface area contributed by atoms with Crippen LogP contribution in [-0.4, -0.2) is 31.4 Å². The second-order valence-corrected chi connectivity index (χ2v) is 5.79. The Bertz CT molecular complexity index is 415. The highest BCUT2D eigenvalue weighted by Crippen LogP contribution is 2.18. The molecule has 1 rings (SSSR count). The van der Waals surface area contributed by atoms with Gasteiger partial charge < -0.3 is 4.57 Å². The Morgan fingerprint density at radius 3 is 2.40 bits per heavy atom. The van der Waals surface area contributed by atoms with Crippen molar-refractivity contribution in [3.63, 3.8) is 0 Å². The maximum absolute atomic E-state index is 11.8. The summed E-state index contributed by atoms with van der Waals surface area (Å²) in [5.41, 5.74) is 0.819. The van der Waals surface area contributed by atoms with Crippen LogP contribution in [0.4, 0.5) is 0 Å². The third kappa shape index (κ3) is 2.35. The highest BCUT2D eigenvalue weighted by molar-refractivity contribution is 7.89. The molecule has 0 aliphatic heterocycles. The number of nitrogens with zero attached hydrogens (tertiary/aromatic N) is 2. The molecule has 0 amide bonds. The maximum Gasteiger partial charge on any atom is 0.244 e. The van der Waals surface area contributed by atoms with Crippen LogP contribution in [0, 0.1) is 0 Å². The molecule has 1 aromatic rings. The van der Waals surface area contributed by atoms with Crippen LogP contribution in [0.3, 0.4) is 0 Å². The lowest BCUT2D eigenvalue weighted by Gasteiger charge is -2.08. The van der Waals surface area contributed by atoms with Crippen molar-refractivity contribution in [1.82, 2.24) is 8.87 Å². The topological polar surface area (TPSA) is 42.3 Å². The summed E-state index contributed by atoms with van der Waals surface area (Å²) in [4.78, 5) is 0.296. The molecule has 0 unspecified atom stereocenters. The lowest BCUT2D eigenvalue weighted by Crippen LogP contribution is -2.21. The predicted octanol–water partition coefficient (Wildman–Crippen LogP) is 1.50. The molecule has 0 spiro atoms. The smallest absolute Gasteiger partial charge is 0.244 e.